The lowest BCUT2D eigenvalue weighted by atomic mass is 10.1. The topological polar surface area (TPSA) is 43.8 Å². The number of halogens is 1. The Morgan fingerprint density at radius 2 is 2.25 bits per heavy atom. The van der Waals surface area contributed by atoms with Gasteiger partial charge in [0.15, 0.2) is 0 Å². The molecule has 0 saturated carbocycles. The zero-order chi connectivity index (χ0) is 11.5. The predicted molar refractivity (Wildman–Crippen MR) is 61.4 cm³/mol. The zero-order valence-electron chi connectivity index (χ0n) is 9.15. The highest BCUT2D eigenvalue weighted by Gasteiger charge is 2.09. The van der Waals surface area contributed by atoms with Crippen LogP contribution in [0.25, 0.3) is 11.1 Å². The fourth-order valence-electron chi connectivity index (χ4n) is 1.75. The molecule has 0 aliphatic heterocycles. The Bertz CT molecular complexity index is 491. The van der Waals surface area contributed by atoms with Crippen molar-refractivity contribution in [3.05, 3.63) is 42.0 Å². The molecule has 0 fully saturated rings. The highest BCUT2D eigenvalue weighted by molar-refractivity contribution is 5.65. The standard InChI is InChI=1S/C12H14FN3/c1-16-8-11(12(15-16)5-6-14)9-3-2-4-10(13)7-9/h2-4,7-8H,5-6,14H2,1H3. The molecule has 0 amide bonds. The Morgan fingerprint density at radius 1 is 1.44 bits per heavy atom. The quantitative estimate of drug-likeness (QED) is 0.854. The van der Waals surface area contributed by atoms with Gasteiger partial charge in [0.05, 0.1) is 5.69 Å². The highest BCUT2D eigenvalue weighted by atomic mass is 19.1. The summed E-state index contributed by atoms with van der Waals surface area (Å²) in [6.07, 6.45) is 2.59. The summed E-state index contributed by atoms with van der Waals surface area (Å²) in [7, 11) is 1.85. The smallest absolute Gasteiger partial charge is 0.123 e. The summed E-state index contributed by atoms with van der Waals surface area (Å²) in [5, 5.41) is 4.32. The number of rotatable bonds is 3. The van der Waals surface area contributed by atoms with Crippen molar-refractivity contribution < 1.29 is 4.39 Å². The summed E-state index contributed by atoms with van der Waals surface area (Å²) in [6.45, 7) is 0.541. The van der Waals surface area contributed by atoms with Gasteiger partial charge in [-0.2, -0.15) is 5.10 Å². The van der Waals surface area contributed by atoms with Crippen molar-refractivity contribution in [2.45, 2.75) is 6.42 Å². The number of hydrogen-bond acceptors (Lipinski definition) is 2. The number of aryl methyl sites for hydroxylation is 1. The fourth-order valence-corrected chi connectivity index (χ4v) is 1.75. The Kier molecular flexibility index (Phi) is 3.01. The van der Waals surface area contributed by atoms with Crippen LogP contribution in [0.1, 0.15) is 5.69 Å². The maximum Gasteiger partial charge on any atom is 0.123 e. The summed E-state index contributed by atoms with van der Waals surface area (Å²) in [4.78, 5) is 0. The third kappa shape index (κ3) is 2.12. The first kappa shape index (κ1) is 10.8. The summed E-state index contributed by atoms with van der Waals surface area (Å²) in [6, 6.07) is 6.52. The first-order valence-corrected chi connectivity index (χ1v) is 5.19. The molecule has 3 nitrogen and oxygen atoms in total. The Hall–Kier alpha value is -1.68. The van der Waals surface area contributed by atoms with Crippen molar-refractivity contribution in [1.29, 1.82) is 0 Å². The first-order chi connectivity index (χ1) is 7.70. The second-order valence-electron chi connectivity index (χ2n) is 3.71. The second-order valence-corrected chi connectivity index (χ2v) is 3.71. The van der Waals surface area contributed by atoms with Crippen molar-refractivity contribution in [3.8, 4) is 11.1 Å². The molecular weight excluding hydrogens is 205 g/mol. The molecule has 84 valence electrons. The Morgan fingerprint density at radius 3 is 2.94 bits per heavy atom. The summed E-state index contributed by atoms with van der Waals surface area (Å²) in [5.74, 6) is -0.236. The van der Waals surface area contributed by atoms with Crippen LogP contribution in [0.3, 0.4) is 0 Å². The molecule has 16 heavy (non-hydrogen) atoms. The molecule has 1 aromatic carbocycles. The van der Waals surface area contributed by atoms with E-state index in [2.05, 4.69) is 5.10 Å². The maximum atomic E-state index is 13.1. The van der Waals surface area contributed by atoms with Gasteiger partial charge in [-0.15, -0.1) is 0 Å². The Balaban J connectivity index is 2.46. The van der Waals surface area contributed by atoms with Crippen LogP contribution < -0.4 is 5.73 Å². The molecular formula is C12H14FN3. The average Bonchev–Trinajstić information content (AvgIpc) is 2.60. The average molecular weight is 219 g/mol. The van der Waals surface area contributed by atoms with E-state index in [1.807, 2.05) is 19.3 Å². The minimum absolute atomic E-state index is 0.236. The van der Waals surface area contributed by atoms with Gasteiger partial charge in [-0.25, -0.2) is 4.39 Å². The third-order valence-electron chi connectivity index (χ3n) is 2.42. The van der Waals surface area contributed by atoms with Crippen LogP contribution in [-0.2, 0) is 13.5 Å². The Labute approximate surface area is 93.7 Å². The number of benzene rings is 1. The summed E-state index contributed by atoms with van der Waals surface area (Å²) < 4.78 is 14.9. The summed E-state index contributed by atoms with van der Waals surface area (Å²) in [5.41, 5.74) is 8.23. The minimum Gasteiger partial charge on any atom is -0.330 e. The van der Waals surface area contributed by atoms with Gasteiger partial charge in [0, 0.05) is 25.2 Å². The fraction of sp³-hybridized carbons (Fsp3) is 0.250. The van der Waals surface area contributed by atoms with Crippen molar-refractivity contribution in [1.82, 2.24) is 9.78 Å². The van der Waals surface area contributed by atoms with Gasteiger partial charge in [-0.3, -0.25) is 4.68 Å². The zero-order valence-corrected chi connectivity index (χ0v) is 9.15. The van der Waals surface area contributed by atoms with Crippen LogP contribution in [0.4, 0.5) is 4.39 Å². The molecule has 0 radical (unpaired) electrons. The van der Waals surface area contributed by atoms with Crippen molar-refractivity contribution in [2.75, 3.05) is 6.54 Å². The molecule has 0 aliphatic rings. The van der Waals surface area contributed by atoms with Crippen LogP contribution >= 0.6 is 0 Å². The van der Waals surface area contributed by atoms with Crippen molar-refractivity contribution in [2.24, 2.45) is 12.8 Å². The molecule has 0 saturated heterocycles. The lowest BCUT2D eigenvalue weighted by molar-refractivity contribution is 0.628. The SMILES string of the molecule is Cn1cc(-c2cccc(F)c2)c(CCN)n1. The lowest BCUT2D eigenvalue weighted by Crippen LogP contribution is -2.04. The molecule has 1 heterocycles. The molecule has 0 aliphatic carbocycles. The van der Waals surface area contributed by atoms with Gasteiger partial charge < -0.3 is 5.73 Å². The van der Waals surface area contributed by atoms with Crippen LogP contribution in [-0.4, -0.2) is 16.3 Å². The van der Waals surface area contributed by atoms with Crippen LogP contribution in [0.2, 0.25) is 0 Å². The lowest BCUT2D eigenvalue weighted by Gasteiger charge is -2.01. The number of hydrogen-bond donors (Lipinski definition) is 1. The van der Waals surface area contributed by atoms with Gasteiger partial charge in [0.2, 0.25) is 0 Å². The molecule has 0 bridgehead atoms. The minimum atomic E-state index is -0.236. The first-order valence-electron chi connectivity index (χ1n) is 5.19. The third-order valence-corrected chi connectivity index (χ3v) is 2.42. The maximum absolute atomic E-state index is 13.1. The van der Waals surface area contributed by atoms with E-state index in [1.54, 1.807) is 10.7 Å². The van der Waals surface area contributed by atoms with E-state index < -0.39 is 0 Å². The molecule has 0 atom stereocenters. The number of aromatic nitrogens is 2. The summed E-state index contributed by atoms with van der Waals surface area (Å²) >= 11 is 0. The van der Waals surface area contributed by atoms with E-state index >= 15 is 0 Å². The molecule has 4 heteroatoms. The van der Waals surface area contributed by atoms with Crippen LogP contribution in [0.15, 0.2) is 30.5 Å². The van der Waals surface area contributed by atoms with E-state index in [0.717, 1.165) is 16.8 Å². The number of nitrogens with two attached hydrogens (primary N) is 1. The van der Waals surface area contributed by atoms with E-state index in [-0.39, 0.29) is 5.82 Å². The van der Waals surface area contributed by atoms with E-state index in [4.69, 9.17) is 5.73 Å². The molecule has 2 N–H and O–H groups in total. The monoisotopic (exact) mass is 219 g/mol. The van der Waals surface area contributed by atoms with Gasteiger partial charge >= 0.3 is 0 Å². The van der Waals surface area contributed by atoms with E-state index in [9.17, 15) is 4.39 Å². The van der Waals surface area contributed by atoms with Gasteiger partial charge in [-0.1, -0.05) is 12.1 Å². The van der Waals surface area contributed by atoms with E-state index in [0.29, 0.717) is 13.0 Å². The second kappa shape index (κ2) is 4.45. The van der Waals surface area contributed by atoms with Gasteiger partial charge in [-0.05, 0) is 24.2 Å². The largest absolute Gasteiger partial charge is 0.330 e. The van der Waals surface area contributed by atoms with Crippen LogP contribution in [0.5, 0.6) is 0 Å². The molecule has 2 aromatic rings. The van der Waals surface area contributed by atoms with Gasteiger partial charge in [0.1, 0.15) is 5.82 Å². The molecule has 0 unspecified atom stereocenters. The molecule has 1 aromatic heterocycles. The predicted octanol–water partition coefficient (Wildman–Crippen LogP) is 1.73. The van der Waals surface area contributed by atoms with E-state index in [1.165, 1.54) is 12.1 Å². The molecule has 0 spiro atoms. The van der Waals surface area contributed by atoms with Crippen LogP contribution in [0, 0.1) is 5.82 Å². The number of nitrogens with zero attached hydrogens (tertiary/aromatic N) is 2. The normalized spacial score (nSPS) is 10.7. The van der Waals surface area contributed by atoms with Crippen molar-refractivity contribution >= 4 is 0 Å². The molecule has 2 rings (SSSR count). The highest BCUT2D eigenvalue weighted by Crippen LogP contribution is 2.23. The van der Waals surface area contributed by atoms with Crippen molar-refractivity contribution in [3.63, 3.8) is 0 Å². The van der Waals surface area contributed by atoms with Gasteiger partial charge in [0.25, 0.3) is 0 Å².